The number of alkyl carbamates (subject to hydrolysis) is 1. The van der Waals surface area contributed by atoms with Gasteiger partial charge in [0.15, 0.2) is 0 Å². The van der Waals surface area contributed by atoms with Gasteiger partial charge in [-0.25, -0.2) is 23.9 Å². The summed E-state index contributed by atoms with van der Waals surface area (Å²) in [6.07, 6.45) is -0.541. The number of halogens is 1. The molecule has 3 aromatic rings. The minimum absolute atomic E-state index is 0.117. The van der Waals surface area contributed by atoms with Gasteiger partial charge in [0, 0.05) is 10.9 Å². The number of carboxylic acids is 1. The van der Waals surface area contributed by atoms with E-state index in [1.54, 1.807) is 5.38 Å². The number of ether oxygens (including phenoxy) is 1. The van der Waals surface area contributed by atoms with Gasteiger partial charge in [-0.15, -0.1) is 22.7 Å². The van der Waals surface area contributed by atoms with Crippen molar-refractivity contribution in [2.24, 2.45) is 0 Å². The van der Waals surface area contributed by atoms with Gasteiger partial charge in [0.05, 0.1) is 35.5 Å². The summed E-state index contributed by atoms with van der Waals surface area (Å²) in [4.78, 5) is 31.8. The molecule has 0 aliphatic rings. The smallest absolute Gasteiger partial charge is 0.407 e. The van der Waals surface area contributed by atoms with Gasteiger partial charge < -0.3 is 15.2 Å². The van der Waals surface area contributed by atoms with Gasteiger partial charge in [0.25, 0.3) is 0 Å². The molecule has 2 heterocycles. The SMILES string of the molecule is COC(=O)NCc1nc(C)c(-c2csc(-c3ccc(C(=O)O)cc3F)n2)s1. The zero-order valence-electron chi connectivity index (χ0n) is 14.3. The summed E-state index contributed by atoms with van der Waals surface area (Å²) in [5.74, 6) is -1.83. The molecule has 0 fully saturated rings. The van der Waals surface area contributed by atoms with Crippen molar-refractivity contribution in [3.63, 3.8) is 0 Å². The quantitative estimate of drug-likeness (QED) is 0.664. The first-order valence-corrected chi connectivity index (χ1v) is 9.36. The number of amides is 1. The van der Waals surface area contributed by atoms with E-state index < -0.39 is 17.9 Å². The second-order valence-corrected chi connectivity index (χ2v) is 7.35. The number of nitrogens with one attached hydrogen (secondary N) is 1. The fraction of sp³-hybridized carbons (Fsp3) is 0.176. The molecular formula is C17H14FN3O4S2. The lowest BCUT2D eigenvalue weighted by Gasteiger charge is -2.00. The van der Waals surface area contributed by atoms with Gasteiger partial charge in [-0.2, -0.15) is 0 Å². The Morgan fingerprint density at radius 3 is 2.78 bits per heavy atom. The zero-order valence-corrected chi connectivity index (χ0v) is 15.9. The van der Waals surface area contributed by atoms with Crippen LogP contribution >= 0.6 is 22.7 Å². The molecule has 0 spiro atoms. The maximum Gasteiger partial charge on any atom is 0.407 e. The summed E-state index contributed by atoms with van der Waals surface area (Å²) in [6, 6.07) is 3.73. The van der Waals surface area contributed by atoms with Crippen LogP contribution in [0.15, 0.2) is 23.6 Å². The number of aromatic carboxylic acids is 1. The molecule has 7 nitrogen and oxygen atoms in total. The van der Waals surface area contributed by atoms with Crippen molar-refractivity contribution in [2.45, 2.75) is 13.5 Å². The van der Waals surface area contributed by atoms with E-state index in [0.717, 1.165) is 16.6 Å². The Balaban J connectivity index is 1.85. The van der Waals surface area contributed by atoms with E-state index in [1.807, 2.05) is 6.92 Å². The van der Waals surface area contributed by atoms with Crippen LogP contribution in [0.3, 0.4) is 0 Å². The molecule has 0 saturated heterocycles. The third-order valence-corrected chi connectivity index (χ3v) is 5.65. The molecule has 0 bridgehead atoms. The number of thiazole rings is 2. The van der Waals surface area contributed by atoms with Gasteiger partial charge in [0.2, 0.25) is 0 Å². The molecule has 1 amide bonds. The standard InChI is InChI=1S/C17H14FN3O4S2/c1-8-14(27-13(20-8)6-19-17(24)25-2)12-7-26-15(21-12)10-4-3-9(16(22)23)5-11(10)18/h3-5,7H,6H2,1-2H3,(H,19,24)(H,22,23). The summed E-state index contributed by atoms with van der Waals surface area (Å²) >= 11 is 2.63. The second-order valence-electron chi connectivity index (χ2n) is 5.40. The van der Waals surface area contributed by atoms with E-state index in [9.17, 15) is 14.0 Å². The zero-order chi connectivity index (χ0) is 19.6. The van der Waals surface area contributed by atoms with E-state index in [0.29, 0.717) is 15.7 Å². The van der Waals surface area contributed by atoms with Crippen molar-refractivity contribution in [2.75, 3.05) is 7.11 Å². The van der Waals surface area contributed by atoms with E-state index in [1.165, 1.54) is 41.9 Å². The first kappa shape index (κ1) is 18.9. The summed E-state index contributed by atoms with van der Waals surface area (Å²) in [5.41, 5.74) is 1.52. The lowest BCUT2D eigenvalue weighted by molar-refractivity contribution is 0.0696. The highest BCUT2D eigenvalue weighted by Crippen LogP contribution is 2.35. The first-order valence-electron chi connectivity index (χ1n) is 7.66. The molecule has 0 unspecified atom stereocenters. The van der Waals surface area contributed by atoms with Crippen molar-refractivity contribution in [3.8, 4) is 21.1 Å². The summed E-state index contributed by atoms with van der Waals surface area (Å²) < 4.78 is 18.8. The molecule has 0 radical (unpaired) electrons. The van der Waals surface area contributed by atoms with Crippen LogP contribution in [0.2, 0.25) is 0 Å². The Labute approximate surface area is 161 Å². The number of rotatable bonds is 5. The van der Waals surface area contributed by atoms with Crippen molar-refractivity contribution in [3.05, 3.63) is 45.7 Å². The van der Waals surface area contributed by atoms with E-state index >= 15 is 0 Å². The molecule has 140 valence electrons. The lowest BCUT2D eigenvalue weighted by Crippen LogP contribution is -2.22. The molecule has 1 aromatic carbocycles. The van der Waals surface area contributed by atoms with Crippen LogP contribution < -0.4 is 5.32 Å². The largest absolute Gasteiger partial charge is 0.478 e. The van der Waals surface area contributed by atoms with E-state index in [-0.39, 0.29) is 17.7 Å². The number of carbonyl (C=O) groups excluding carboxylic acids is 1. The molecule has 0 atom stereocenters. The minimum atomic E-state index is -1.19. The highest BCUT2D eigenvalue weighted by molar-refractivity contribution is 7.16. The molecule has 0 aliphatic carbocycles. The number of aryl methyl sites for hydroxylation is 1. The number of hydrogen-bond donors (Lipinski definition) is 2. The van der Waals surface area contributed by atoms with Gasteiger partial charge >= 0.3 is 12.1 Å². The number of carboxylic acid groups (broad SMARTS) is 1. The van der Waals surface area contributed by atoms with Crippen LogP contribution in [-0.2, 0) is 11.3 Å². The first-order chi connectivity index (χ1) is 12.9. The number of hydrogen-bond acceptors (Lipinski definition) is 7. The average molecular weight is 407 g/mol. The Hall–Kier alpha value is -2.85. The predicted octanol–water partition coefficient (Wildman–Crippen LogP) is 3.94. The molecule has 0 saturated carbocycles. The third kappa shape index (κ3) is 4.12. The van der Waals surface area contributed by atoms with Crippen molar-refractivity contribution < 1.29 is 23.8 Å². The summed E-state index contributed by atoms with van der Waals surface area (Å²) in [6.45, 7) is 2.06. The number of carbonyl (C=O) groups is 2. The van der Waals surface area contributed by atoms with Crippen LogP contribution in [0.5, 0.6) is 0 Å². The van der Waals surface area contributed by atoms with Crippen molar-refractivity contribution in [1.29, 1.82) is 0 Å². The predicted molar refractivity (Wildman–Crippen MR) is 99.6 cm³/mol. The summed E-state index contributed by atoms with van der Waals surface area (Å²) in [7, 11) is 1.28. The molecular weight excluding hydrogens is 393 g/mol. The van der Waals surface area contributed by atoms with Gasteiger partial charge in [0.1, 0.15) is 15.8 Å². The van der Waals surface area contributed by atoms with Crippen LogP contribution in [0.4, 0.5) is 9.18 Å². The topological polar surface area (TPSA) is 101 Å². The highest BCUT2D eigenvalue weighted by atomic mass is 32.1. The van der Waals surface area contributed by atoms with Crippen molar-refractivity contribution in [1.82, 2.24) is 15.3 Å². The molecule has 3 rings (SSSR count). The number of benzene rings is 1. The minimum Gasteiger partial charge on any atom is -0.478 e. The van der Waals surface area contributed by atoms with Gasteiger partial charge in [-0.05, 0) is 25.1 Å². The maximum absolute atomic E-state index is 14.2. The van der Waals surface area contributed by atoms with Crippen molar-refractivity contribution >= 4 is 34.7 Å². The van der Waals surface area contributed by atoms with E-state index in [2.05, 4.69) is 20.0 Å². The molecule has 2 N–H and O–H groups in total. The molecule has 0 aliphatic heterocycles. The Morgan fingerprint density at radius 2 is 2.11 bits per heavy atom. The monoisotopic (exact) mass is 407 g/mol. The third-order valence-electron chi connectivity index (χ3n) is 3.59. The molecule has 27 heavy (non-hydrogen) atoms. The highest BCUT2D eigenvalue weighted by Gasteiger charge is 2.17. The number of nitrogens with zero attached hydrogens (tertiary/aromatic N) is 2. The Bertz CT molecular complexity index is 1020. The van der Waals surface area contributed by atoms with Crippen LogP contribution in [0, 0.1) is 12.7 Å². The fourth-order valence-electron chi connectivity index (χ4n) is 2.31. The van der Waals surface area contributed by atoms with Gasteiger partial charge in [-0.1, -0.05) is 0 Å². The molecule has 2 aromatic heterocycles. The van der Waals surface area contributed by atoms with Crippen LogP contribution in [0.25, 0.3) is 21.1 Å². The molecule has 10 heteroatoms. The average Bonchev–Trinajstić information content (AvgIpc) is 3.25. The van der Waals surface area contributed by atoms with Crippen LogP contribution in [-0.4, -0.2) is 34.2 Å². The fourth-order valence-corrected chi connectivity index (χ4v) is 4.19. The number of methoxy groups -OCH3 is 1. The Morgan fingerprint density at radius 1 is 1.33 bits per heavy atom. The number of aromatic nitrogens is 2. The van der Waals surface area contributed by atoms with Crippen LogP contribution in [0.1, 0.15) is 21.1 Å². The van der Waals surface area contributed by atoms with Gasteiger partial charge in [-0.3, -0.25) is 0 Å². The lowest BCUT2D eigenvalue weighted by atomic mass is 10.1. The second kappa shape index (κ2) is 7.80. The van der Waals surface area contributed by atoms with E-state index in [4.69, 9.17) is 5.11 Å². The maximum atomic E-state index is 14.2. The Kier molecular flexibility index (Phi) is 5.47. The normalized spacial score (nSPS) is 10.6. The summed E-state index contributed by atoms with van der Waals surface area (Å²) in [5, 5.41) is 14.4.